The summed E-state index contributed by atoms with van der Waals surface area (Å²) in [6.07, 6.45) is 8.98. The van der Waals surface area contributed by atoms with Gasteiger partial charge in [0.15, 0.2) is 0 Å². The van der Waals surface area contributed by atoms with Crippen molar-refractivity contribution in [3.63, 3.8) is 0 Å². The SMILES string of the molecule is CCOC(=O)C1CCC(NC(=O)C2CC3CCCC(C2)C3N)CC1. The fraction of sp³-hybridized carbons (Fsp3) is 0.895. The molecule has 0 radical (unpaired) electrons. The Morgan fingerprint density at radius 2 is 1.62 bits per heavy atom. The molecule has 2 bridgehead atoms. The Balaban J connectivity index is 1.45. The van der Waals surface area contributed by atoms with E-state index in [1.807, 2.05) is 6.92 Å². The lowest BCUT2D eigenvalue weighted by molar-refractivity contribution is -0.149. The van der Waals surface area contributed by atoms with Crippen LogP contribution in [0.3, 0.4) is 0 Å². The van der Waals surface area contributed by atoms with Crippen LogP contribution in [0.15, 0.2) is 0 Å². The number of hydrogen-bond donors (Lipinski definition) is 2. The summed E-state index contributed by atoms with van der Waals surface area (Å²) in [7, 11) is 0. The van der Waals surface area contributed by atoms with E-state index in [-0.39, 0.29) is 29.8 Å². The molecule has 1 amide bonds. The Hall–Kier alpha value is -1.10. The fourth-order valence-electron chi connectivity index (χ4n) is 5.06. The Kier molecular flexibility index (Phi) is 5.80. The molecule has 0 aromatic carbocycles. The van der Waals surface area contributed by atoms with E-state index < -0.39 is 0 Å². The molecule has 0 heterocycles. The Morgan fingerprint density at radius 3 is 2.21 bits per heavy atom. The molecule has 5 heteroatoms. The van der Waals surface area contributed by atoms with Crippen molar-refractivity contribution in [1.29, 1.82) is 0 Å². The van der Waals surface area contributed by atoms with Crippen LogP contribution in [0.5, 0.6) is 0 Å². The van der Waals surface area contributed by atoms with Crippen molar-refractivity contribution in [2.45, 2.75) is 76.8 Å². The Morgan fingerprint density at radius 1 is 1.00 bits per heavy atom. The maximum atomic E-state index is 12.7. The van der Waals surface area contributed by atoms with Crippen LogP contribution in [-0.2, 0) is 14.3 Å². The van der Waals surface area contributed by atoms with Gasteiger partial charge in [-0.25, -0.2) is 0 Å². The zero-order chi connectivity index (χ0) is 17.1. The first-order valence-corrected chi connectivity index (χ1v) is 9.81. The third-order valence-corrected chi connectivity index (χ3v) is 6.48. The number of nitrogens with two attached hydrogens (primary N) is 1. The van der Waals surface area contributed by atoms with Crippen molar-refractivity contribution in [3.8, 4) is 0 Å². The number of carbonyl (C=O) groups excluding carboxylic acids is 2. The number of carbonyl (C=O) groups is 2. The van der Waals surface area contributed by atoms with Gasteiger partial charge >= 0.3 is 5.97 Å². The molecular weight excluding hydrogens is 304 g/mol. The summed E-state index contributed by atoms with van der Waals surface area (Å²) < 4.78 is 5.11. The molecule has 24 heavy (non-hydrogen) atoms. The maximum absolute atomic E-state index is 12.7. The minimum absolute atomic E-state index is 0.0186. The predicted molar refractivity (Wildman–Crippen MR) is 92.1 cm³/mol. The van der Waals surface area contributed by atoms with Gasteiger partial charge < -0.3 is 15.8 Å². The van der Waals surface area contributed by atoms with Gasteiger partial charge in [0.1, 0.15) is 0 Å². The summed E-state index contributed by atoms with van der Waals surface area (Å²) in [6.45, 7) is 2.29. The lowest BCUT2D eigenvalue weighted by Gasteiger charge is -2.44. The zero-order valence-corrected chi connectivity index (χ0v) is 14.8. The van der Waals surface area contributed by atoms with Gasteiger partial charge in [0.2, 0.25) is 5.91 Å². The highest BCUT2D eigenvalue weighted by Gasteiger charge is 2.41. The molecule has 3 aliphatic rings. The summed E-state index contributed by atoms with van der Waals surface area (Å²) in [5.41, 5.74) is 6.32. The second-order valence-corrected chi connectivity index (χ2v) is 8.01. The van der Waals surface area contributed by atoms with Gasteiger partial charge in [-0.1, -0.05) is 6.42 Å². The molecule has 0 aromatic rings. The fourth-order valence-corrected chi connectivity index (χ4v) is 5.06. The molecule has 0 saturated heterocycles. The number of esters is 1. The van der Waals surface area contributed by atoms with E-state index >= 15 is 0 Å². The third-order valence-electron chi connectivity index (χ3n) is 6.48. The van der Waals surface area contributed by atoms with Crippen LogP contribution in [-0.4, -0.2) is 30.6 Å². The molecule has 5 nitrogen and oxygen atoms in total. The van der Waals surface area contributed by atoms with Crippen molar-refractivity contribution >= 4 is 11.9 Å². The van der Waals surface area contributed by atoms with Crippen LogP contribution < -0.4 is 11.1 Å². The zero-order valence-electron chi connectivity index (χ0n) is 14.8. The topological polar surface area (TPSA) is 81.4 Å². The van der Waals surface area contributed by atoms with Crippen molar-refractivity contribution in [2.75, 3.05) is 6.61 Å². The van der Waals surface area contributed by atoms with Gasteiger partial charge in [0.05, 0.1) is 12.5 Å². The van der Waals surface area contributed by atoms with E-state index in [0.717, 1.165) is 38.5 Å². The first-order chi connectivity index (χ1) is 11.6. The summed E-state index contributed by atoms with van der Waals surface area (Å²) in [5.74, 6) is 1.38. The van der Waals surface area contributed by atoms with E-state index in [4.69, 9.17) is 10.5 Å². The Labute approximate surface area is 145 Å². The molecule has 0 spiro atoms. The van der Waals surface area contributed by atoms with Gasteiger partial charge in [-0.15, -0.1) is 0 Å². The molecule has 2 unspecified atom stereocenters. The first kappa shape index (κ1) is 17.7. The number of fused-ring (bicyclic) bond motifs is 2. The van der Waals surface area contributed by atoms with E-state index in [0.29, 0.717) is 24.5 Å². The van der Waals surface area contributed by atoms with Crippen molar-refractivity contribution < 1.29 is 14.3 Å². The number of hydrogen-bond acceptors (Lipinski definition) is 4. The summed E-state index contributed by atoms with van der Waals surface area (Å²) in [5, 5.41) is 3.25. The van der Waals surface area contributed by atoms with Gasteiger partial charge in [0.25, 0.3) is 0 Å². The smallest absolute Gasteiger partial charge is 0.308 e. The quantitative estimate of drug-likeness (QED) is 0.772. The minimum atomic E-state index is -0.0728. The van der Waals surface area contributed by atoms with Crippen molar-refractivity contribution in [2.24, 2.45) is 29.4 Å². The second kappa shape index (κ2) is 7.85. The first-order valence-electron chi connectivity index (χ1n) is 9.81. The van der Waals surface area contributed by atoms with Gasteiger partial charge in [-0.2, -0.15) is 0 Å². The normalized spacial score (nSPS) is 39.1. The maximum Gasteiger partial charge on any atom is 0.308 e. The van der Waals surface area contributed by atoms with Gasteiger partial charge in [-0.05, 0) is 70.1 Å². The molecule has 3 saturated carbocycles. The number of ether oxygens (including phenoxy) is 1. The van der Waals surface area contributed by atoms with Crippen LogP contribution >= 0.6 is 0 Å². The molecule has 3 rings (SSSR count). The molecule has 136 valence electrons. The highest BCUT2D eigenvalue weighted by Crippen LogP contribution is 2.42. The number of nitrogens with one attached hydrogen (secondary N) is 1. The van der Waals surface area contributed by atoms with Crippen molar-refractivity contribution in [3.05, 3.63) is 0 Å². The van der Waals surface area contributed by atoms with E-state index in [1.165, 1.54) is 19.3 Å². The predicted octanol–water partition coefficient (Wildman–Crippen LogP) is 2.38. The average molecular weight is 336 g/mol. The average Bonchev–Trinajstić information content (AvgIpc) is 2.55. The van der Waals surface area contributed by atoms with Crippen LogP contribution in [0.4, 0.5) is 0 Å². The highest BCUT2D eigenvalue weighted by molar-refractivity contribution is 5.79. The summed E-state index contributed by atoms with van der Waals surface area (Å²) >= 11 is 0. The summed E-state index contributed by atoms with van der Waals surface area (Å²) in [6, 6.07) is 0.529. The number of amides is 1. The largest absolute Gasteiger partial charge is 0.466 e. The molecular formula is C19H32N2O3. The lowest BCUT2D eigenvalue weighted by atomic mass is 9.65. The van der Waals surface area contributed by atoms with Crippen LogP contribution in [0.25, 0.3) is 0 Å². The van der Waals surface area contributed by atoms with Crippen molar-refractivity contribution in [1.82, 2.24) is 5.32 Å². The molecule has 2 atom stereocenters. The summed E-state index contributed by atoms with van der Waals surface area (Å²) in [4.78, 5) is 24.5. The molecule has 0 aliphatic heterocycles. The van der Waals surface area contributed by atoms with Gasteiger partial charge in [-0.3, -0.25) is 9.59 Å². The molecule has 3 fully saturated rings. The highest BCUT2D eigenvalue weighted by atomic mass is 16.5. The standard InChI is InChI=1S/C19H32N2O3/c1-2-24-19(23)12-6-8-16(9-7-12)21-18(22)15-10-13-4-3-5-14(11-15)17(13)20/h12-17H,2-11,20H2,1H3,(H,21,22). The molecule has 3 N–H and O–H groups in total. The lowest BCUT2D eigenvalue weighted by Crippen LogP contribution is -2.50. The Bertz CT molecular complexity index is 446. The van der Waals surface area contributed by atoms with E-state index in [1.54, 1.807) is 0 Å². The van der Waals surface area contributed by atoms with E-state index in [9.17, 15) is 9.59 Å². The number of rotatable bonds is 4. The van der Waals surface area contributed by atoms with Crippen LogP contribution in [0, 0.1) is 23.7 Å². The second-order valence-electron chi connectivity index (χ2n) is 8.01. The van der Waals surface area contributed by atoms with Gasteiger partial charge in [0, 0.05) is 18.0 Å². The minimum Gasteiger partial charge on any atom is -0.466 e. The molecule has 3 aliphatic carbocycles. The molecule has 0 aromatic heterocycles. The van der Waals surface area contributed by atoms with E-state index in [2.05, 4.69) is 5.32 Å². The van der Waals surface area contributed by atoms with Crippen LogP contribution in [0.2, 0.25) is 0 Å². The van der Waals surface area contributed by atoms with Crippen LogP contribution in [0.1, 0.15) is 64.7 Å². The third kappa shape index (κ3) is 3.93. The monoisotopic (exact) mass is 336 g/mol.